The van der Waals surface area contributed by atoms with E-state index in [9.17, 15) is 13.6 Å². The van der Waals surface area contributed by atoms with Crippen LogP contribution in [0.5, 0.6) is 0 Å². The summed E-state index contributed by atoms with van der Waals surface area (Å²) in [5, 5.41) is 0. The van der Waals surface area contributed by atoms with Crippen molar-refractivity contribution in [3.8, 4) is 0 Å². The summed E-state index contributed by atoms with van der Waals surface area (Å²) >= 11 is 0. The number of carbonyl (C=O) groups is 1. The number of aldehydes is 1. The molecule has 0 aliphatic carbocycles. The largest absolute Gasteiger partial charge is 0.380 e. The maximum Gasteiger partial charge on any atom is 0.153 e. The van der Waals surface area contributed by atoms with Gasteiger partial charge in [-0.2, -0.15) is 0 Å². The SMILES string of the molecule is COCc1c(F)ccc(C=O)c1F. The number of carbonyl (C=O) groups excluding carboxylic acids is 1. The van der Waals surface area contributed by atoms with Crippen LogP contribution in [0, 0.1) is 11.6 Å². The van der Waals surface area contributed by atoms with Gasteiger partial charge >= 0.3 is 0 Å². The average molecular weight is 186 g/mol. The van der Waals surface area contributed by atoms with Crippen molar-refractivity contribution in [2.24, 2.45) is 0 Å². The van der Waals surface area contributed by atoms with Gasteiger partial charge in [-0.3, -0.25) is 4.79 Å². The van der Waals surface area contributed by atoms with Crippen LogP contribution in [0.15, 0.2) is 12.1 Å². The molecule has 0 heterocycles. The number of hydrogen-bond acceptors (Lipinski definition) is 2. The van der Waals surface area contributed by atoms with Crippen molar-refractivity contribution in [1.82, 2.24) is 0 Å². The fourth-order valence-electron chi connectivity index (χ4n) is 0.983. The Morgan fingerprint density at radius 2 is 2.15 bits per heavy atom. The standard InChI is InChI=1S/C9H8F2O2/c1-13-5-7-8(10)3-2-6(4-12)9(7)11/h2-4H,5H2,1H3. The van der Waals surface area contributed by atoms with Crippen LogP contribution in [-0.2, 0) is 11.3 Å². The van der Waals surface area contributed by atoms with Gasteiger partial charge in [0.1, 0.15) is 11.6 Å². The highest BCUT2D eigenvalue weighted by Crippen LogP contribution is 2.16. The second-order valence-electron chi connectivity index (χ2n) is 2.48. The fraction of sp³-hybridized carbons (Fsp3) is 0.222. The van der Waals surface area contributed by atoms with Crippen molar-refractivity contribution in [2.45, 2.75) is 6.61 Å². The molecule has 0 unspecified atom stereocenters. The fourth-order valence-corrected chi connectivity index (χ4v) is 0.983. The maximum absolute atomic E-state index is 13.2. The quantitative estimate of drug-likeness (QED) is 0.674. The van der Waals surface area contributed by atoms with Crippen LogP contribution < -0.4 is 0 Å². The molecule has 0 amide bonds. The molecule has 1 rings (SSSR count). The molecule has 0 saturated carbocycles. The molecule has 0 aliphatic rings. The van der Waals surface area contributed by atoms with Crippen LogP contribution in [0.1, 0.15) is 15.9 Å². The summed E-state index contributed by atoms with van der Waals surface area (Å²) in [7, 11) is 1.33. The molecule has 0 aliphatic heterocycles. The summed E-state index contributed by atoms with van der Waals surface area (Å²) in [4.78, 5) is 10.3. The van der Waals surface area contributed by atoms with Crippen molar-refractivity contribution >= 4 is 6.29 Å². The lowest BCUT2D eigenvalue weighted by Gasteiger charge is -2.04. The average Bonchev–Trinajstić information content (AvgIpc) is 2.12. The number of ether oxygens (including phenoxy) is 1. The molecule has 0 saturated heterocycles. The Balaban J connectivity index is 3.21. The van der Waals surface area contributed by atoms with E-state index in [4.69, 9.17) is 0 Å². The van der Waals surface area contributed by atoms with Gasteiger partial charge < -0.3 is 4.74 Å². The molecule has 0 fully saturated rings. The Bertz CT molecular complexity index is 324. The highest BCUT2D eigenvalue weighted by atomic mass is 19.1. The monoisotopic (exact) mass is 186 g/mol. The molecule has 70 valence electrons. The number of benzene rings is 1. The van der Waals surface area contributed by atoms with Gasteiger partial charge in [-0.25, -0.2) is 8.78 Å². The van der Waals surface area contributed by atoms with Crippen molar-refractivity contribution in [3.63, 3.8) is 0 Å². The molecule has 0 radical (unpaired) electrons. The Kier molecular flexibility index (Phi) is 3.08. The lowest BCUT2D eigenvalue weighted by molar-refractivity contribution is 0.111. The molecule has 0 atom stereocenters. The van der Waals surface area contributed by atoms with E-state index in [1.807, 2.05) is 0 Å². The van der Waals surface area contributed by atoms with Gasteiger partial charge in [0.15, 0.2) is 6.29 Å². The van der Waals surface area contributed by atoms with E-state index in [0.29, 0.717) is 6.29 Å². The van der Waals surface area contributed by atoms with Crippen LogP contribution >= 0.6 is 0 Å². The van der Waals surface area contributed by atoms with Gasteiger partial charge in [-0.05, 0) is 12.1 Å². The molecular weight excluding hydrogens is 178 g/mol. The third-order valence-electron chi connectivity index (χ3n) is 1.63. The van der Waals surface area contributed by atoms with E-state index >= 15 is 0 Å². The van der Waals surface area contributed by atoms with Crippen molar-refractivity contribution in [3.05, 3.63) is 34.9 Å². The topological polar surface area (TPSA) is 26.3 Å². The molecule has 2 nitrogen and oxygen atoms in total. The van der Waals surface area contributed by atoms with Gasteiger partial charge in [-0.1, -0.05) is 0 Å². The summed E-state index contributed by atoms with van der Waals surface area (Å²) in [5.74, 6) is -1.55. The lowest BCUT2D eigenvalue weighted by Crippen LogP contribution is -2.01. The summed E-state index contributed by atoms with van der Waals surface area (Å²) in [6, 6.07) is 2.14. The minimum atomic E-state index is -0.850. The molecule has 0 N–H and O–H groups in total. The smallest absolute Gasteiger partial charge is 0.153 e. The van der Waals surface area contributed by atoms with E-state index in [1.165, 1.54) is 7.11 Å². The highest BCUT2D eigenvalue weighted by Gasteiger charge is 2.12. The van der Waals surface area contributed by atoms with E-state index in [-0.39, 0.29) is 17.7 Å². The molecule has 4 heteroatoms. The van der Waals surface area contributed by atoms with Crippen LogP contribution in [0.2, 0.25) is 0 Å². The molecule has 1 aromatic carbocycles. The minimum absolute atomic E-state index is 0.159. The lowest BCUT2D eigenvalue weighted by atomic mass is 10.1. The first kappa shape index (κ1) is 9.80. The Hall–Kier alpha value is -1.29. The van der Waals surface area contributed by atoms with E-state index in [2.05, 4.69) is 4.74 Å². The molecular formula is C9H8F2O2. The summed E-state index contributed by atoms with van der Waals surface area (Å²) in [5.41, 5.74) is -0.374. The number of methoxy groups -OCH3 is 1. The Labute approximate surface area is 74.1 Å². The van der Waals surface area contributed by atoms with Crippen molar-refractivity contribution in [1.29, 1.82) is 0 Å². The zero-order valence-corrected chi connectivity index (χ0v) is 7.01. The molecule has 0 bridgehead atoms. The van der Waals surface area contributed by atoms with Gasteiger partial charge in [0.05, 0.1) is 12.2 Å². The third kappa shape index (κ3) is 1.89. The normalized spacial score (nSPS) is 10.1. The number of halogens is 2. The molecule has 13 heavy (non-hydrogen) atoms. The second kappa shape index (κ2) is 4.09. The second-order valence-corrected chi connectivity index (χ2v) is 2.48. The van der Waals surface area contributed by atoms with Gasteiger partial charge in [-0.15, -0.1) is 0 Å². The zero-order valence-electron chi connectivity index (χ0n) is 7.01. The van der Waals surface area contributed by atoms with Crippen LogP contribution in [0.25, 0.3) is 0 Å². The Morgan fingerprint density at radius 1 is 1.46 bits per heavy atom. The van der Waals surface area contributed by atoms with Gasteiger partial charge in [0, 0.05) is 12.7 Å². The van der Waals surface area contributed by atoms with E-state index in [0.717, 1.165) is 12.1 Å². The summed E-state index contributed by atoms with van der Waals surface area (Å²) in [6.45, 7) is -0.181. The minimum Gasteiger partial charge on any atom is -0.380 e. The summed E-state index contributed by atoms with van der Waals surface area (Å²) in [6.07, 6.45) is 0.341. The maximum atomic E-state index is 13.2. The number of rotatable bonds is 3. The van der Waals surface area contributed by atoms with Gasteiger partial charge in [0.2, 0.25) is 0 Å². The van der Waals surface area contributed by atoms with Crippen molar-refractivity contribution < 1.29 is 18.3 Å². The Morgan fingerprint density at radius 3 is 2.69 bits per heavy atom. The predicted molar refractivity (Wildman–Crippen MR) is 42.5 cm³/mol. The first-order valence-electron chi connectivity index (χ1n) is 3.61. The summed E-state index contributed by atoms with van der Waals surface area (Å²) < 4.78 is 30.7. The van der Waals surface area contributed by atoms with Crippen LogP contribution in [0.3, 0.4) is 0 Å². The van der Waals surface area contributed by atoms with E-state index < -0.39 is 11.6 Å². The molecule has 0 aromatic heterocycles. The number of hydrogen-bond donors (Lipinski definition) is 0. The zero-order chi connectivity index (χ0) is 9.84. The first-order chi connectivity index (χ1) is 6.20. The van der Waals surface area contributed by atoms with Crippen molar-refractivity contribution in [2.75, 3.05) is 7.11 Å². The molecule has 0 spiro atoms. The predicted octanol–water partition coefficient (Wildman–Crippen LogP) is 1.92. The first-order valence-corrected chi connectivity index (χ1v) is 3.61. The third-order valence-corrected chi connectivity index (χ3v) is 1.63. The van der Waals surface area contributed by atoms with Gasteiger partial charge in [0.25, 0.3) is 0 Å². The highest BCUT2D eigenvalue weighted by molar-refractivity contribution is 5.75. The van der Waals surface area contributed by atoms with Crippen LogP contribution in [0.4, 0.5) is 8.78 Å². The van der Waals surface area contributed by atoms with Crippen LogP contribution in [-0.4, -0.2) is 13.4 Å². The molecule has 1 aromatic rings. The van der Waals surface area contributed by atoms with E-state index in [1.54, 1.807) is 0 Å².